The highest BCUT2D eigenvalue weighted by molar-refractivity contribution is 6.34. The summed E-state index contributed by atoms with van der Waals surface area (Å²) < 4.78 is 1.70. The lowest BCUT2D eigenvalue weighted by Crippen LogP contribution is -2.50. The first kappa shape index (κ1) is 27.9. The fraction of sp³-hybridized carbons (Fsp3) is 0.233. The van der Waals surface area contributed by atoms with Crippen molar-refractivity contribution >= 4 is 35.1 Å². The van der Waals surface area contributed by atoms with Crippen molar-refractivity contribution in [1.82, 2.24) is 30.3 Å². The minimum Gasteiger partial charge on any atom is -0.350 e. The van der Waals surface area contributed by atoms with Gasteiger partial charge in [0.2, 0.25) is 5.91 Å². The Kier molecular flexibility index (Phi) is 8.30. The molecule has 1 atom stereocenters. The van der Waals surface area contributed by atoms with Gasteiger partial charge in [0.05, 0.1) is 28.5 Å². The van der Waals surface area contributed by atoms with E-state index < -0.39 is 6.03 Å². The first-order valence-electron chi connectivity index (χ1n) is 13.2. The van der Waals surface area contributed by atoms with E-state index in [-0.39, 0.29) is 37.5 Å². The van der Waals surface area contributed by atoms with Crippen LogP contribution in [0.1, 0.15) is 34.1 Å². The van der Waals surface area contributed by atoms with E-state index >= 15 is 0 Å². The molecule has 2 N–H and O–H groups in total. The van der Waals surface area contributed by atoms with E-state index in [0.717, 1.165) is 22.5 Å². The second-order valence-corrected chi connectivity index (χ2v) is 10.3. The molecule has 0 fully saturated rings. The van der Waals surface area contributed by atoms with Crippen molar-refractivity contribution in [3.63, 3.8) is 0 Å². The third-order valence-corrected chi connectivity index (χ3v) is 7.20. The zero-order chi connectivity index (χ0) is 28.9. The van der Waals surface area contributed by atoms with E-state index in [1.165, 1.54) is 0 Å². The molecule has 0 unspecified atom stereocenters. The number of benzene rings is 2. The average molecular weight is 572 g/mol. The van der Waals surface area contributed by atoms with Gasteiger partial charge in [-0.25, -0.2) is 9.48 Å². The Morgan fingerprint density at radius 1 is 1.05 bits per heavy atom. The molecule has 2 aromatic heterocycles. The minimum atomic E-state index is -0.393. The topological polar surface area (TPSA) is 112 Å². The molecule has 210 valence electrons. The Morgan fingerprint density at radius 2 is 1.88 bits per heavy atom. The van der Waals surface area contributed by atoms with Gasteiger partial charge < -0.3 is 20.4 Å². The second kappa shape index (κ2) is 12.2. The summed E-state index contributed by atoms with van der Waals surface area (Å²) in [5.74, 6) is -0.584. The fourth-order valence-electron chi connectivity index (χ4n) is 4.72. The fourth-order valence-corrected chi connectivity index (χ4v) is 4.98. The number of aromatic nitrogens is 3. The number of carbonyl (C=O) groups is 3. The van der Waals surface area contributed by atoms with E-state index in [2.05, 4.69) is 20.7 Å². The lowest BCUT2D eigenvalue weighted by atomic mass is 10.1. The standard InChI is InChI=1S/C30H30ClN7O3/c1-20-11-13-38(35-20)24-9-10-25(26(31)14-24)29(40)37-18-21(2)36(19-23-7-3-4-8-27(23)37)30(41)34-17-28(39)33-16-22-6-5-12-32-15-22/h3-15,21H,16-19H2,1-2H3,(H,33,39)(H,34,41)/t21-/m1/s1. The number of rotatable bonds is 6. The maximum Gasteiger partial charge on any atom is 0.318 e. The number of urea groups is 1. The van der Waals surface area contributed by atoms with Crippen molar-refractivity contribution in [2.75, 3.05) is 18.0 Å². The Hall–Kier alpha value is -4.70. The number of amides is 4. The van der Waals surface area contributed by atoms with Crippen molar-refractivity contribution < 1.29 is 14.4 Å². The number of nitrogens with one attached hydrogen (secondary N) is 2. The molecule has 0 saturated heterocycles. The molecule has 2 aromatic carbocycles. The number of hydrogen-bond donors (Lipinski definition) is 2. The summed E-state index contributed by atoms with van der Waals surface area (Å²) in [6.07, 6.45) is 5.16. The van der Waals surface area contributed by atoms with Gasteiger partial charge in [-0.3, -0.25) is 14.6 Å². The van der Waals surface area contributed by atoms with Gasteiger partial charge in [0, 0.05) is 50.0 Å². The van der Waals surface area contributed by atoms with Crippen LogP contribution in [0, 0.1) is 6.92 Å². The second-order valence-electron chi connectivity index (χ2n) is 9.88. The van der Waals surface area contributed by atoms with Crippen LogP contribution >= 0.6 is 11.6 Å². The molecule has 4 aromatic rings. The number of aryl methyl sites for hydroxylation is 1. The average Bonchev–Trinajstić information content (AvgIpc) is 3.36. The number of fused-ring (bicyclic) bond motifs is 1. The summed E-state index contributed by atoms with van der Waals surface area (Å²) in [6, 6.07) is 17.5. The monoisotopic (exact) mass is 571 g/mol. The van der Waals surface area contributed by atoms with Gasteiger partial charge in [0.1, 0.15) is 0 Å². The van der Waals surface area contributed by atoms with E-state index in [1.54, 1.807) is 51.1 Å². The molecule has 41 heavy (non-hydrogen) atoms. The third kappa shape index (κ3) is 6.38. The summed E-state index contributed by atoms with van der Waals surface area (Å²) >= 11 is 6.61. The number of nitrogens with zero attached hydrogens (tertiary/aromatic N) is 5. The predicted octanol–water partition coefficient (Wildman–Crippen LogP) is 4.11. The maximum absolute atomic E-state index is 13.9. The van der Waals surface area contributed by atoms with Crippen molar-refractivity contribution in [1.29, 1.82) is 0 Å². The van der Waals surface area contributed by atoms with Gasteiger partial charge in [-0.1, -0.05) is 35.9 Å². The Labute approximate surface area is 242 Å². The van der Waals surface area contributed by atoms with Gasteiger partial charge in [-0.2, -0.15) is 5.10 Å². The molecule has 1 aliphatic rings. The normalized spacial score (nSPS) is 14.7. The van der Waals surface area contributed by atoms with Crippen LogP contribution in [-0.2, 0) is 17.9 Å². The van der Waals surface area contributed by atoms with Crippen LogP contribution in [0.15, 0.2) is 79.3 Å². The summed E-state index contributed by atoms with van der Waals surface area (Å²) in [6.45, 7) is 4.43. The zero-order valence-corrected chi connectivity index (χ0v) is 23.5. The Morgan fingerprint density at radius 3 is 2.61 bits per heavy atom. The van der Waals surface area contributed by atoms with Gasteiger partial charge >= 0.3 is 6.03 Å². The third-order valence-electron chi connectivity index (χ3n) is 6.89. The maximum atomic E-state index is 13.9. The molecule has 4 amide bonds. The quantitative estimate of drug-likeness (QED) is 0.362. The highest BCUT2D eigenvalue weighted by atomic mass is 35.5. The van der Waals surface area contributed by atoms with Crippen LogP contribution in [0.3, 0.4) is 0 Å². The molecule has 11 heteroatoms. The number of carbonyl (C=O) groups excluding carboxylic acids is 3. The largest absolute Gasteiger partial charge is 0.350 e. The number of halogens is 1. The molecular formula is C30H30ClN7O3. The summed E-state index contributed by atoms with van der Waals surface area (Å²) in [5.41, 5.74) is 4.34. The molecule has 5 rings (SSSR count). The lowest BCUT2D eigenvalue weighted by molar-refractivity contribution is -0.120. The van der Waals surface area contributed by atoms with Crippen LogP contribution in [0.25, 0.3) is 5.69 Å². The number of para-hydroxylation sites is 1. The molecule has 3 heterocycles. The molecule has 0 bridgehead atoms. The molecular weight excluding hydrogens is 542 g/mol. The summed E-state index contributed by atoms with van der Waals surface area (Å²) in [7, 11) is 0. The summed E-state index contributed by atoms with van der Waals surface area (Å²) in [4.78, 5) is 46.8. The van der Waals surface area contributed by atoms with Gasteiger partial charge in [-0.05, 0) is 61.4 Å². The molecule has 0 saturated carbocycles. The molecule has 10 nitrogen and oxygen atoms in total. The van der Waals surface area contributed by atoms with Crippen LogP contribution in [-0.4, -0.2) is 56.6 Å². The first-order chi connectivity index (χ1) is 19.8. The Balaban J connectivity index is 1.29. The summed E-state index contributed by atoms with van der Waals surface area (Å²) in [5, 5.41) is 10.2. The highest BCUT2D eigenvalue weighted by Gasteiger charge is 2.32. The predicted molar refractivity (Wildman–Crippen MR) is 156 cm³/mol. The molecule has 0 radical (unpaired) electrons. The van der Waals surface area contributed by atoms with E-state index in [9.17, 15) is 14.4 Å². The number of hydrogen-bond acceptors (Lipinski definition) is 5. The zero-order valence-electron chi connectivity index (χ0n) is 22.8. The van der Waals surface area contributed by atoms with Crippen molar-refractivity contribution in [3.05, 3.63) is 107 Å². The van der Waals surface area contributed by atoms with E-state index in [0.29, 0.717) is 22.8 Å². The van der Waals surface area contributed by atoms with Crippen molar-refractivity contribution in [3.8, 4) is 5.69 Å². The van der Waals surface area contributed by atoms with Crippen molar-refractivity contribution in [2.45, 2.75) is 33.0 Å². The lowest BCUT2D eigenvalue weighted by Gasteiger charge is -2.29. The van der Waals surface area contributed by atoms with Gasteiger partial charge in [0.25, 0.3) is 5.91 Å². The van der Waals surface area contributed by atoms with E-state index in [4.69, 9.17) is 11.6 Å². The van der Waals surface area contributed by atoms with Crippen LogP contribution in [0.2, 0.25) is 5.02 Å². The van der Waals surface area contributed by atoms with Crippen LogP contribution in [0.5, 0.6) is 0 Å². The number of pyridine rings is 1. The van der Waals surface area contributed by atoms with Gasteiger partial charge in [-0.15, -0.1) is 0 Å². The van der Waals surface area contributed by atoms with E-state index in [1.807, 2.05) is 56.4 Å². The van der Waals surface area contributed by atoms with Crippen molar-refractivity contribution in [2.24, 2.45) is 0 Å². The van der Waals surface area contributed by atoms with Gasteiger partial charge in [0.15, 0.2) is 0 Å². The minimum absolute atomic E-state index is 0.176. The van der Waals surface area contributed by atoms with Crippen LogP contribution in [0.4, 0.5) is 10.5 Å². The molecule has 1 aliphatic heterocycles. The highest BCUT2D eigenvalue weighted by Crippen LogP contribution is 2.30. The molecule has 0 aliphatic carbocycles. The first-order valence-corrected chi connectivity index (χ1v) is 13.6. The molecule has 0 spiro atoms. The Bertz CT molecular complexity index is 1570. The van der Waals surface area contributed by atoms with Crippen LogP contribution < -0.4 is 15.5 Å². The SMILES string of the molecule is Cc1ccn(-c2ccc(C(=O)N3C[C@@H](C)N(C(=O)NCC(=O)NCc4cccnc4)Cc4ccccc43)c(Cl)c2)n1. The smallest absolute Gasteiger partial charge is 0.318 e. The number of anilines is 1.